The molecule has 1 unspecified atom stereocenters. The molecule has 2 N–H and O–H groups in total. The number of hydrogen-bond donors (Lipinski definition) is 1. The van der Waals surface area contributed by atoms with Crippen LogP contribution in [-0.2, 0) is 12.6 Å². The van der Waals surface area contributed by atoms with Crippen molar-refractivity contribution in [3.63, 3.8) is 0 Å². The average molecular weight is 271 g/mol. The van der Waals surface area contributed by atoms with Gasteiger partial charge in [0.05, 0.1) is 5.56 Å². The molecule has 0 spiro atoms. The predicted octanol–water partition coefficient (Wildman–Crippen LogP) is 2.65. The molecule has 0 radical (unpaired) electrons. The van der Waals surface area contributed by atoms with E-state index in [0.29, 0.717) is 12.3 Å². The van der Waals surface area contributed by atoms with Gasteiger partial charge in [-0.25, -0.2) is 0 Å². The van der Waals surface area contributed by atoms with Crippen LogP contribution in [0.15, 0.2) is 28.8 Å². The van der Waals surface area contributed by atoms with Crippen LogP contribution < -0.4 is 5.73 Å². The van der Waals surface area contributed by atoms with Crippen LogP contribution in [0.2, 0.25) is 0 Å². The van der Waals surface area contributed by atoms with Crippen LogP contribution in [-0.4, -0.2) is 16.2 Å². The first-order chi connectivity index (χ1) is 8.86. The largest absolute Gasteiger partial charge is 0.416 e. The summed E-state index contributed by atoms with van der Waals surface area (Å²) in [5.74, 6) is 0.434. The molecular formula is C12H12F3N3O. The summed E-state index contributed by atoms with van der Waals surface area (Å²) >= 11 is 0. The van der Waals surface area contributed by atoms with Gasteiger partial charge in [0.2, 0.25) is 11.7 Å². The van der Waals surface area contributed by atoms with E-state index >= 15 is 0 Å². The summed E-state index contributed by atoms with van der Waals surface area (Å²) in [4.78, 5) is 4.02. The van der Waals surface area contributed by atoms with Crippen molar-refractivity contribution >= 4 is 0 Å². The fraction of sp³-hybridized carbons (Fsp3) is 0.333. The second-order valence-corrected chi connectivity index (χ2v) is 4.27. The maximum Gasteiger partial charge on any atom is 0.416 e. The lowest BCUT2D eigenvalue weighted by Gasteiger charge is -2.06. The molecule has 1 aromatic heterocycles. The van der Waals surface area contributed by atoms with E-state index in [4.69, 9.17) is 10.3 Å². The second-order valence-electron chi connectivity index (χ2n) is 4.27. The summed E-state index contributed by atoms with van der Waals surface area (Å²) in [7, 11) is 0. The van der Waals surface area contributed by atoms with Gasteiger partial charge >= 0.3 is 6.18 Å². The molecule has 0 aliphatic carbocycles. The van der Waals surface area contributed by atoms with Gasteiger partial charge in [0.25, 0.3) is 0 Å². The summed E-state index contributed by atoms with van der Waals surface area (Å²) in [6.45, 7) is 1.77. The lowest BCUT2D eigenvalue weighted by molar-refractivity contribution is -0.137. The molecule has 2 rings (SSSR count). The average Bonchev–Trinajstić information content (AvgIpc) is 2.76. The lowest BCUT2D eigenvalue weighted by Crippen LogP contribution is -2.17. The Morgan fingerprint density at radius 2 is 2.11 bits per heavy atom. The maximum absolute atomic E-state index is 12.6. The molecule has 1 aromatic carbocycles. The zero-order chi connectivity index (χ0) is 14.0. The number of aromatic nitrogens is 2. The molecular weight excluding hydrogens is 259 g/mol. The molecule has 19 heavy (non-hydrogen) atoms. The number of benzene rings is 1. The molecule has 0 amide bonds. The fourth-order valence-electron chi connectivity index (χ4n) is 1.57. The highest BCUT2D eigenvalue weighted by molar-refractivity contribution is 5.55. The van der Waals surface area contributed by atoms with Crippen LogP contribution in [0.3, 0.4) is 0 Å². The van der Waals surface area contributed by atoms with Gasteiger partial charge in [-0.15, -0.1) is 0 Å². The van der Waals surface area contributed by atoms with Crippen molar-refractivity contribution in [1.82, 2.24) is 10.1 Å². The maximum atomic E-state index is 12.6. The van der Waals surface area contributed by atoms with Crippen molar-refractivity contribution in [3.8, 4) is 11.4 Å². The van der Waals surface area contributed by atoms with E-state index in [1.165, 1.54) is 12.1 Å². The molecule has 0 aliphatic heterocycles. The Balaban J connectivity index is 2.29. The number of hydrogen-bond acceptors (Lipinski definition) is 4. The third-order valence-corrected chi connectivity index (χ3v) is 2.41. The summed E-state index contributed by atoms with van der Waals surface area (Å²) in [5.41, 5.74) is 5.09. The molecule has 4 nitrogen and oxygen atoms in total. The molecule has 1 atom stereocenters. The Morgan fingerprint density at radius 1 is 1.37 bits per heavy atom. The van der Waals surface area contributed by atoms with Crippen LogP contribution in [0, 0.1) is 0 Å². The fourth-order valence-corrected chi connectivity index (χ4v) is 1.57. The minimum atomic E-state index is -4.39. The molecule has 0 saturated carbocycles. The van der Waals surface area contributed by atoms with Crippen molar-refractivity contribution in [2.24, 2.45) is 5.73 Å². The normalized spacial score (nSPS) is 13.5. The zero-order valence-corrected chi connectivity index (χ0v) is 10.1. The second kappa shape index (κ2) is 5.00. The smallest absolute Gasteiger partial charge is 0.339 e. The molecule has 102 valence electrons. The van der Waals surface area contributed by atoms with Crippen molar-refractivity contribution in [1.29, 1.82) is 0 Å². The third kappa shape index (κ3) is 3.31. The Hall–Kier alpha value is -1.89. The summed E-state index contributed by atoms with van der Waals surface area (Å²) in [6.07, 6.45) is -4.01. The van der Waals surface area contributed by atoms with Gasteiger partial charge in [-0.3, -0.25) is 0 Å². The van der Waals surface area contributed by atoms with Crippen LogP contribution in [0.1, 0.15) is 18.4 Å². The number of alkyl halides is 3. The number of nitrogens with zero attached hydrogens (tertiary/aromatic N) is 2. The minimum Gasteiger partial charge on any atom is -0.339 e. The third-order valence-electron chi connectivity index (χ3n) is 2.41. The van der Waals surface area contributed by atoms with Crippen molar-refractivity contribution < 1.29 is 17.7 Å². The zero-order valence-electron chi connectivity index (χ0n) is 10.1. The van der Waals surface area contributed by atoms with Gasteiger partial charge in [-0.2, -0.15) is 18.2 Å². The van der Waals surface area contributed by atoms with E-state index in [1.54, 1.807) is 6.92 Å². The molecule has 7 heteroatoms. The van der Waals surface area contributed by atoms with Gasteiger partial charge in [-0.1, -0.05) is 17.3 Å². The first-order valence-electron chi connectivity index (χ1n) is 5.62. The highest BCUT2D eigenvalue weighted by Crippen LogP contribution is 2.31. The Bertz CT molecular complexity index is 563. The van der Waals surface area contributed by atoms with Crippen LogP contribution in [0.5, 0.6) is 0 Å². The molecule has 0 bridgehead atoms. The highest BCUT2D eigenvalue weighted by atomic mass is 19.4. The molecule has 0 fully saturated rings. The first kappa shape index (κ1) is 13.5. The minimum absolute atomic E-state index is 0.127. The Morgan fingerprint density at radius 3 is 2.74 bits per heavy atom. The van der Waals surface area contributed by atoms with Crippen LogP contribution in [0.25, 0.3) is 11.4 Å². The molecule has 1 heterocycles. The van der Waals surface area contributed by atoms with E-state index in [2.05, 4.69) is 10.1 Å². The van der Waals surface area contributed by atoms with Gasteiger partial charge in [0, 0.05) is 18.0 Å². The van der Waals surface area contributed by atoms with Crippen LogP contribution in [0.4, 0.5) is 13.2 Å². The summed E-state index contributed by atoms with van der Waals surface area (Å²) < 4.78 is 42.7. The van der Waals surface area contributed by atoms with Crippen molar-refractivity contribution in [2.75, 3.05) is 0 Å². The van der Waals surface area contributed by atoms with Crippen molar-refractivity contribution in [3.05, 3.63) is 35.7 Å². The standard InChI is InChI=1S/C12H12F3N3O/c1-7(16)5-10-17-11(18-19-10)8-3-2-4-9(6-8)12(13,14)15/h2-4,6-7H,5,16H2,1H3. The van der Waals surface area contributed by atoms with E-state index in [9.17, 15) is 13.2 Å². The van der Waals surface area contributed by atoms with Gasteiger partial charge < -0.3 is 10.3 Å². The van der Waals surface area contributed by atoms with Gasteiger partial charge in [0.1, 0.15) is 0 Å². The first-order valence-corrected chi connectivity index (χ1v) is 5.62. The Labute approximate surface area is 107 Å². The summed E-state index contributed by atoms with van der Waals surface area (Å²) in [6, 6.07) is 4.62. The molecule has 2 aromatic rings. The number of rotatable bonds is 3. The molecule has 0 saturated heterocycles. The molecule has 0 aliphatic rings. The Kier molecular flexibility index (Phi) is 3.57. The quantitative estimate of drug-likeness (QED) is 0.932. The van der Waals surface area contributed by atoms with Crippen LogP contribution >= 0.6 is 0 Å². The van der Waals surface area contributed by atoms with E-state index in [-0.39, 0.29) is 17.4 Å². The lowest BCUT2D eigenvalue weighted by atomic mass is 10.1. The van der Waals surface area contributed by atoms with Crippen molar-refractivity contribution in [2.45, 2.75) is 25.6 Å². The topological polar surface area (TPSA) is 64.9 Å². The SMILES string of the molecule is CC(N)Cc1nc(-c2cccc(C(F)(F)F)c2)no1. The van der Waals surface area contributed by atoms with Gasteiger partial charge in [-0.05, 0) is 19.1 Å². The van der Waals surface area contributed by atoms with E-state index in [1.807, 2.05) is 0 Å². The van der Waals surface area contributed by atoms with E-state index < -0.39 is 11.7 Å². The number of nitrogens with two attached hydrogens (primary N) is 1. The highest BCUT2D eigenvalue weighted by Gasteiger charge is 2.30. The van der Waals surface area contributed by atoms with E-state index in [0.717, 1.165) is 12.1 Å². The van der Waals surface area contributed by atoms with Gasteiger partial charge in [0.15, 0.2) is 0 Å². The summed E-state index contributed by atoms with van der Waals surface area (Å²) in [5, 5.41) is 3.65. The number of halogens is 3. The monoisotopic (exact) mass is 271 g/mol. The predicted molar refractivity (Wildman–Crippen MR) is 62.1 cm³/mol.